The van der Waals surface area contributed by atoms with Crippen LogP contribution >= 0.6 is 24.0 Å². The monoisotopic (exact) mass is 503 g/mol. The molecule has 1 aromatic heterocycles. The lowest BCUT2D eigenvalue weighted by Crippen LogP contribution is -2.53. The number of nitrogens with one attached hydrogen (secondary N) is 1. The maximum absolute atomic E-state index is 4.88. The molecule has 28 heavy (non-hydrogen) atoms. The van der Waals surface area contributed by atoms with Gasteiger partial charge in [0.15, 0.2) is 5.96 Å². The fourth-order valence-electron chi connectivity index (χ4n) is 3.55. The molecule has 0 bridgehead atoms. The van der Waals surface area contributed by atoms with Gasteiger partial charge in [-0.2, -0.15) is 0 Å². The van der Waals surface area contributed by atoms with Crippen molar-refractivity contribution < 1.29 is 0 Å². The van der Waals surface area contributed by atoms with Crippen molar-refractivity contribution in [1.29, 1.82) is 0 Å². The Hall–Kier alpha value is -1.16. The molecule has 0 spiro atoms. The highest BCUT2D eigenvalue weighted by Crippen LogP contribution is 2.10. The van der Waals surface area contributed by atoms with Crippen molar-refractivity contribution in [2.45, 2.75) is 53.1 Å². The van der Waals surface area contributed by atoms with Gasteiger partial charge in [0.25, 0.3) is 0 Å². The van der Waals surface area contributed by atoms with Crippen LogP contribution in [-0.2, 0) is 0 Å². The summed E-state index contributed by atoms with van der Waals surface area (Å²) in [7, 11) is 0. The normalized spacial score (nSPS) is 15.4. The zero-order chi connectivity index (χ0) is 19.6. The summed E-state index contributed by atoms with van der Waals surface area (Å²) in [5.41, 5.74) is 0. The van der Waals surface area contributed by atoms with E-state index >= 15 is 0 Å². The van der Waals surface area contributed by atoms with Crippen molar-refractivity contribution >= 4 is 35.9 Å². The zero-order valence-electron chi connectivity index (χ0n) is 18.1. The molecule has 0 atom stereocenters. The summed E-state index contributed by atoms with van der Waals surface area (Å²) in [6.45, 7) is 17.8. The maximum Gasteiger partial charge on any atom is 0.225 e. The molecule has 0 amide bonds. The standard InChI is InChI=1S/C20H37N7.HI/c1-6-21-19(24-11-8-12-27(17(2)3)18(4)5)25-13-15-26(16-14-25)20-22-9-7-10-23-20;/h7,9-10,17-18H,6,8,11-16H2,1-5H3,(H,21,24);1H. The van der Waals surface area contributed by atoms with Gasteiger partial charge in [0.05, 0.1) is 0 Å². The second-order valence-corrected chi connectivity index (χ2v) is 7.54. The van der Waals surface area contributed by atoms with E-state index < -0.39 is 0 Å². The third-order valence-electron chi connectivity index (χ3n) is 4.91. The Kier molecular flexibility index (Phi) is 11.7. The van der Waals surface area contributed by atoms with Gasteiger partial charge in [-0.1, -0.05) is 0 Å². The Labute approximate surface area is 188 Å². The van der Waals surface area contributed by atoms with Gasteiger partial charge in [0.2, 0.25) is 5.95 Å². The number of hydrogen-bond acceptors (Lipinski definition) is 5. The highest BCUT2D eigenvalue weighted by Gasteiger charge is 2.21. The molecule has 7 nitrogen and oxygen atoms in total. The predicted molar refractivity (Wildman–Crippen MR) is 129 cm³/mol. The molecule has 0 aliphatic carbocycles. The average molecular weight is 503 g/mol. The van der Waals surface area contributed by atoms with Gasteiger partial charge >= 0.3 is 0 Å². The van der Waals surface area contributed by atoms with E-state index in [9.17, 15) is 0 Å². The molecule has 8 heteroatoms. The summed E-state index contributed by atoms with van der Waals surface area (Å²) in [6.07, 6.45) is 4.69. The minimum atomic E-state index is 0. The molecule has 2 heterocycles. The first-order valence-electron chi connectivity index (χ1n) is 10.3. The Morgan fingerprint density at radius 3 is 2.25 bits per heavy atom. The smallest absolute Gasteiger partial charge is 0.225 e. The van der Waals surface area contributed by atoms with E-state index in [4.69, 9.17) is 4.99 Å². The molecule has 0 aromatic carbocycles. The van der Waals surface area contributed by atoms with Crippen LogP contribution in [0.15, 0.2) is 23.5 Å². The number of rotatable bonds is 8. The Morgan fingerprint density at radius 2 is 1.71 bits per heavy atom. The third kappa shape index (κ3) is 7.69. The van der Waals surface area contributed by atoms with Gasteiger partial charge in [-0.05, 0) is 47.1 Å². The van der Waals surface area contributed by atoms with Crippen LogP contribution in [0.5, 0.6) is 0 Å². The van der Waals surface area contributed by atoms with Crippen LogP contribution in [0.1, 0.15) is 41.0 Å². The van der Waals surface area contributed by atoms with Crippen LogP contribution in [0.2, 0.25) is 0 Å². The minimum absolute atomic E-state index is 0. The molecular formula is C20H38IN7. The van der Waals surface area contributed by atoms with E-state index in [1.165, 1.54) is 0 Å². The van der Waals surface area contributed by atoms with Crippen LogP contribution in [-0.4, -0.2) is 83.6 Å². The number of hydrogen-bond donors (Lipinski definition) is 1. The Morgan fingerprint density at radius 1 is 1.11 bits per heavy atom. The van der Waals surface area contributed by atoms with E-state index in [2.05, 4.69) is 64.6 Å². The number of nitrogens with zero attached hydrogens (tertiary/aromatic N) is 6. The summed E-state index contributed by atoms with van der Waals surface area (Å²) >= 11 is 0. The van der Waals surface area contributed by atoms with Crippen molar-refractivity contribution in [3.8, 4) is 0 Å². The molecule has 0 radical (unpaired) electrons. The summed E-state index contributed by atoms with van der Waals surface area (Å²) in [5.74, 6) is 1.85. The fourth-order valence-corrected chi connectivity index (χ4v) is 3.55. The van der Waals surface area contributed by atoms with Gasteiger partial charge in [-0.3, -0.25) is 9.89 Å². The van der Waals surface area contributed by atoms with E-state index in [0.29, 0.717) is 12.1 Å². The lowest BCUT2D eigenvalue weighted by Gasteiger charge is -2.36. The van der Waals surface area contributed by atoms with E-state index in [1.54, 1.807) is 12.4 Å². The van der Waals surface area contributed by atoms with Gasteiger partial charge in [-0.15, -0.1) is 24.0 Å². The lowest BCUT2D eigenvalue weighted by atomic mass is 10.2. The summed E-state index contributed by atoms with van der Waals surface area (Å²) in [5, 5.41) is 3.45. The first kappa shape index (κ1) is 24.9. The summed E-state index contributed by atoms with van der Waals surface area (Å²) < 4.78 is 0. The predicted octanol–water partition coefficient (Wildman–Crippen LogP) is 2.69. The van der Waals surface area contributed by atoms with Crippen LogP contribution in [0.25, 0.3) is 0 Å². The number of aromatic nitrogens is 2. The molecular weight excluding hydrogens is 465 g/mol. The quantitative estimate of drug-likeness (QED) is 0.255. The largest absolute Gasteiger partial charge is 0.357 e. The molecule has 1 N–H and O–H groups in total. The van der Waals surface area contributed by atoms with Crippen LogP contribution in [0.3, 0.4) is 0 Å². The van der Waals surface area contributed by atoms with E-state index in [-0.39, 0.29) is 24.0 Å². The lowest BCUT2D eigenvalue weighted by molar-refractivity contribution is 0.174. The van der Waals surface area contributed by atoms with Crippen molar-refractivity contribution in [1.82, 2.24) is 25.1 Å². The van der Waals surface area contributed by atoms with E-state index in [1.807, 2.05) is 6.07 Å². The summed E-state index contributed by atoms with van der Waals surface area (Å²) in [4.78, 5) is 20.7. The first-order valence-corrected chi connectivity index (χ1v) is 10.3. The molecule has 1 saturated heterocycles. The SMILES string of the molecule is CCNC(=NCCCN(C(C)C)C(C)C)N1CCN(c2ncccn2)CC1.I. The maximum atomic E-state index is 4.88. The second-order valence-electron chi connectivity index (χ2n) is 7.54. The third-order valence-corrected chi connectivity index (χ3v) is 4.91. The Bertz CT molecular complexity index is 549. The van der Waals surface area contributed by atoms with Crippen LogP contribution in [0, 0.1) is 0 Å². The van der Waals surface area contributed by atoms with Gasteiger partial charge in [0.1, 0.15) is 0 Å². The minimum Gasteiger partial charge on any atom is -0.357 e. The fraction of sp³-hybridized carbons (Fsp3) is 0.750. The number of halogens is 1. The second kappa shape index (κ2) is 13.1. The van der Waals surface area contributed by atoms with Crippen molar-refractivity contribution in [3.05, 3.63) is 18.5 Å². The summed E-state index contributed by atoms with van der Waals surface area (Å²) in [6, 6.07) is 3.01. The van der Waals surface area contributed by atoms with E-state index in [0.717, 1.165) is 64.1 Å². The van der Waals surface area contributed by atoms with Gasteiger partial charge in [-0.25, -0.2) is 9.97 Å². The van der Waals surface area contributed by atoms with Gasteiger partial charge in [0, 0.05) is 70.3 Å². The molecule has 1 aliphatic heterocycles. The van der Waals surface area contributed by atoms with Gasteiger partial charge < -0.3 is 15.1 Å². The number of guanidine groups is 1. The molecule has 1 aliphatic rings. The van der Waals surface area contributed by atoms with Crippen molar-refractivity contribution in [2.24, 2.45) is 4.99 Å². The highest BCUT2D eigenvalue weighted by atomic mass is 127. The highest BCUT2D eigenvalue weighted by molar-refractivity contribution is 14.0. The topological polar surface area (TPSA) is 59.9 Å². The number of anilines is 1. The molecule has 1 aromatic rings. The molecule has 0 saturated carbocycles. The molecule has 160 valence electrons. The molecule has 1 fully saturated rings. The first-order chi connectivity index (χ1) is 13.0. The van der Waals surface area contributed by atoms with Crippen molar-refractivity contribution in [2.75, 3.05) is 50.7 Å². The zero-order valence-corrected chi connectivity index (χ0v) is 20.5. The van der Waals surface area contributed by atoms with Crippen LogP contribution < -0.4 is 10.2 Å². The van der Waals surface area contributed by atoms with Crippen molar-refractivity contribution in [3.63, 3.8) is 0 Å². The Balaban J connectivity index is 0.00000392. The average Bonchev–Trinajstić information content (AvgIpc) is 2.67. The number of aliphatic imine (C=N–C) groups is 1. The number of piperazine rings is 1. The molecule has 0 unspecified atom stereocenters. The molecule has 2 rings (SSSR count). The van der Waals surface area contributed by atoms with Crippen LogP contribution in [0.4, 0.5) is 5.95 Å².